The molecule has 0 aliphatic carbocycles. The zero-order valence-corrected chi connectivity index (χ0v) is 18.1. The van der Waals surface area contributed by atoms with Crippen LogP contribution in [0.25, 0.3) is 0 Å². The summed E-state index contributed by atoms with van der Waals surface area (Å²) in [5, 5.41) is 2.78. The lowest BCUT2D eigenvalue weighted by molar-refractivity contribution is 0.120. The lowest BCUT2D eigenvalue weighted by Crippen LogP contribution is -2.47. The standard InChI is InChI=1S/C22H29N3O3S/c1-18-10-12-20(13-11-18)29(27,28)25-17-15-22(24(2)3,14-7-16-23-21(25)26)19-8-5-4-6-9-19/h4-6,8-13H,7,14-17H2,1-3H3,(H,23,26)/t22-/m0/s1. The summed E-state index contributed by atoms with van der Waals surface area (Å²) >= 11 is 0. The number of nitrogens with one attached hydrogen (secondary N) is 1. The minimum Gasteiger partial charge on any atom is -0.337 e. The van der Waals surface area contributed by atoms with E-state index < -0.39 is 16.1 Å². The highest BCUT2D eigenvalue weighted by Crippen LogP contribution is 2.36. The number of benzene rings is 2. The number of hydrogen-bond donors (Lipinski definition) is 1. The van der Waals surface area contributed by atoms with Crippen LogP contribution in [0, 0.1) is 6.92 Å². The topological polar surface area (TPSA) is 69.7 Å². The first-order valence-electron chi connectivity index (χ1n) is 9.87. The number of urea groups is 1. The lowest BCUT2D eigenvalue weighted by Gasteiger charge is -2.41. The van der Waals surface area contributed by atoms with E-state index in [0.717, 1.165) is 28.3 Å². The summed E-state index contributed by atoms with van der Waals surface area (Å²) in [7, 11) is 0.0867. The maximum atomic E-state index is 13.3. The molecule has 6 nitrogen and oxygen atoms in total. The summed E-state index contributed by atoms with van der Waals surface area (Å²) in [5.41, 5.74) is 1.75. The Balaban J connectivity index is 1.99. The van der Waals surface area contributed by atoms with Crippen LogP contribution < -0.4 is 5.32 Å². The van der Waals surface area contributed by atoms with Crippen LogP contribution >= 0.6 is 0 Å². The van der Waals surface area contributed by atoms with Crippen LogP contribution in [0.15, 0.2) is 59.5 Å². The number of carbonyl (C=O) groups is 1. The lowest BCUT2D eigenvalue weighted by atomic mass is 9.81. The van der Waals surface area contributed by atoms with Gasteiger partial charge in [-0.1, -0.05) is 48.0 Å². The third-order valence-electron chi connectivity index (χ3n) is 5.77. The number of sulfonamides is 1. The van der Waals surface area contributed by atoms with Crippen LogP contribution in [0.1, 0.15) is 30.4 Å². The third kappa shape index (κ3) is 4.31. The second-order valence-electron chi connectivity index (χ2n) is 7.77. The minimum atomic E-state index is -3.94. The van der Waals surface area contributed by atoms with Crippen molar-refractivity contribution in [1.29, 1.82) is 0 Å². The van der Waals surface area contributed by atoms with E-state index in [1.807, 2.05) is 39.2 Å². The summed E-state index contributed by atoms with van der Waals surface area (Å²) in [6.45, 7) is 2.44. The molecule has 0 aromatic heterocycles. The Morgan fingerprint density at radius 2 is 1.66 bits per heavy atom. The fourth-order valence-corrected chi connectivity index (χ4v) is 5.34. The van der Waals surface area contributed by atoms with Crippen LogP contribution in [0.4, 0.5) is 4.79 Å². The first-order chi connectivity index (χ1) is 13.8. The van der Waals surface area contributed by atoms with Gasteiger partial charge in [0.1, 0.15) is 0 Å². The molecule has 29 heavy (non-hydrogen) atoms. The molecular formula is C22H29N3O3S. The van der Waals surface area contributed by atoms with Crippen molar-refractivity contribution in [3.63, 3.8) is 0 Å². The predicted molar refractivity (Wildman–Crippen MR) is 114 cm³/mol. The van der Waals surface area contributed by atoms with Crippen molar-refractivity contribution >= 4 is 16.1 Å². The zero-order valence-electron chi connectivity index (χ0n) is 17.3. The average Bonchev–Trinajstić information content (AvgIpc) is 2.78. The first-order valence-corrected chi connectivity index (χ1v) is 11.3. The molecule has 2 amide bonds. The highest BCUT2D eigenvalue weighted by molar-refractivity contribution is 7.89. The summed E-state index contributed by atoms with van der Waals surface area (Å²) in [6.07, 6.45) is 2.10. The van der Waals surface area contributed by atoms with Crippen molar-refractivity contribution in [3.05, 3.63) is 65.7 Å². The number of amides is 2. The van der Waals surface area contributed by atoms with E-state index in [0.29, 0.717) is 13.0 Å². The van der Waals surface area contributed by atoms with Crippen molar-refractivity contribution in [2.45, 2.75) is 36.6 Å². The van der Waals surface area contributed by atoms with Gasteiger partial charge in [0, 0.05) is 18.6 Å². The largest absolute Gasteiger partial charge is 0.337 e. The molecule has 1 aliphatic heterocycles. The van der Waals surface area contributed by atoms with E-state index in [4.69, 9.17) is 0 Å². The maximum absolute atomic E-state index is 13.3. The quantitative estimate of drug-likeness (QED) is 0.832. The number of aryl methyl sites for hydroxylation is 1. The Morgan fingerprint density at radius 3 is 2.28 bits per heavy atom. The van der Waals surface area contributed by atoms with Crippen molar-refractivity contribution < 1.29 is 13.2 Å². The number of rotatable bonds is 4. The number of hydrogen-bond acceptors (Lipinski definition) is 4. The normalized spacial score (nSPS) is 21.2. The number of nitrogens with zero attached hydrogens (tertiary/aromatic N) is 2. The fraction of sp³-hybridized carbons (Fsp3) is 0.409. The second-order valence-corrected chi connectivity index (χ2v) is 9.63. The van der Waals surface area contributed by atoms with E-state index in [2.05, 4.69) is 22.3 Å². The maximum Gasteiger partial charge on any atom is 0.331 e. The third-order valence-corrected chi connectivity index (χ3v) is 7.57. The van der Waals surface area contributed by atoms with Crippen LogP contribution in [0.2, 0.25) is 0 Å². The number of carbonyl (C=O) groups excluding carboxylic acids is 1. The molecule has 156 valence electrons. The molecule has 2 aromatic rings. The fourth-order valence-electron chi connectivity index (χ4n) is 3.99. The summed E-state index contributed by atoms with van der Waals surface area (Å²) in [4.78, 5) is 15.0. The molecule has 0 saturated carbocycles. The van der Waals surface area contributed by atoms with Crippen molar-refractivity contribution in [2.75, 3.05) is 27.2 Å². The summed E-state index contributed by atoms with van der Waals surface area (Å²) in [6, 6.07) is 16.2. The van der Waals surface area contributed by atoms with E-state index >= 15 is 0 Å². The van der Waals surface area contributed by atoms with Crippen molar-refractivity contribution in [1.82, 2.24) is 14.5 Å². The average molecular weight is 416 g/mol. The molecule has 3 rings (SSSR count). The van der Waals surface area contributed by atoms with E-state index in [1.165, 1.54) is 0 Å². The molecule has 2 aromatic carbocycles. The van der Waals surface area contributed by atoms with Gasteiger partial charge in [-0.2, -0.15) is 0 Å². The molecule has 0 spiro atoms. The molecule has 1 N–H and O–H groups in total. The zero-order chi connectivity index (χ0) is 21.1. The van der Waals surface area contributed by atoms with Gasteiger partial charge in [0.2, 0.25) is 0 Å². The second kappa shape index (κ2) is 8.55. The smallest absolute Gasteiger partial charge is 0.331 e. The molecule has 1 saturated heterocycles. The highest BCUT2D eigenvalue weighted by atomic mass is 32.2. The minimum absolute atomic E-state index is 0.106. The summed E-state index contributed by atoms with van der Waals surface area (Å²) in [5.74, 6) is 0. The molecule has 7 heteroatoms. The van der Waals surface area contributed by atoms with Crippen LogP contribution in [0.5, 0.6) is 0 Å². The van der Waals surface area contributed by atoms with Crippen molar-refractivity contribution in [2.24, 2.45) is 0 Å². The van der Waals surface area contributed by atoms with Gasteiger partial charge in [-0.15, -0.1) is 0 Å². The SMILES string of the molecule is Cc1ccc(S(=O)(=O)N2CC[C@@](c3ccccc3)(N(C)C)CCCNC2=O)cc1. The molecule has 0 radical (unpaired) electrons. The van der Waals surface area contributed by atoms with Gasteiger partial charge in [-0.25, -0.2) is 17.5 Å². The molecule has 0 unspecified atom stereocenters. The monoisotopic (exact) mass is 415 g/mol. The van der Waals surface area contributed by atoms with Gasteiger partial charge < -0.3 is 5.32 Å². The van der Waals surface area contributed by atoms with Gasteiger partial charge in [-0.3, -0.25) is 4.90 Å². The molecule has 1 fully saturated rings. The van der Waals surface area contributed by atoms with Crippen molar-refractivity contribution in [3.8, 4) is 0 Å². The van der Waals surface area contributed by atoms with Crippen LogP contribution in [0.3, 0.4) is 0 Å². The van der Waals surface area contributed by atoms with Gasteiger partial charge in [0.25, 0.3) is 10.0 Å². The Kier molecular flexibility index (Phi) is 6.29. The van der Waals surface area contributed by atoms with E-state index in [1.54, 1.807) is 24.3 Å². The van der Waals surface area contributed by atoms with Gasteiger partial charge in [0.15, 0.2) is 0 Å². The molecular weight excluding hydrogens is 386 g/mol. The van der Waals surface area contributed by atoms with Gasteiger partial charge in [0.05, 0.1) is 4.90 Å². The Morgan fingerprint density at radius 1 is 1.00 bits per heavy atom. The highest BCUT2D eigenvalue weighted by Gasteiger charge is 2.38. The molecule has 1 atom stereocenters. The molecule has 0 bridgehead atoms. The molecule has 1 heterocycles. The first kappa shape index (κ1) is 21.3. The van der Waals surface area contributed by atoms with Crippen LogP contribution in [-0.4, -0.2) is 50.8 Å². The van der Waals surface area contributed by atoms with E-state index in [-0.39, 0.29) is 17.0 Å². The van der Waals surface area contributed by atoms with Crippen LogP contribution in [-0.2, 0) is 15.6 Å². The van der Waals surface area contributed by atoms with Gasteiger partial charge in [-0.05, 0) is 58.0 Å². The van der Waals surface area contributed by atoms with E-state index in [9.17, 15) is 13.2 Å². The Hall–Kier alpha value is -2.38. The summed E-state index contributed by atoms with van der Waals surface area (Å²) < 4.78 is 27.5. The van der Waals surface area contributed by atoms with Gasteiger partial charge >= 0.3 is 6.03 Å². The predicted octanol–water partition coefficient (Wildman–Crippen LogP) is 3.34. The Labute approximate surface area is 173 Å². The Bertz CT molecular complexity index is 943. The molecule has 1 aliphatic rings.